The van der Waals surface area contributed by atoms with E-state index >= 15 is 0 Å². The van der Waals surface area contributed by atoms with Crippen molar-refractivity contribution in [3.8, 4) is 0 Å². The molecule has 32 heavy (non-hydrogen) atoms. The molecule has 2 aliphatic heterocycles. The van der Waals surface area contributed by atoms with Crippen LogP contribution in [-0.4, -0.2) is 70.1 Å². The lowest BCUT2D eigenvalue weighted by Crippen LogP contribution is -2.60. The first-order valence-electron chi connectivity index (χ1n) is 12.6. The Bertz CT molecular complexity index is 578. The number of hydrogen-bond donors (Lipinski definition) is 4. The molecule has 0 spiro atoms. The molecule has 1 aliphatic carbocycles. The normalized spacial score (nSPS) is 36.4. The van der Waals surface area contributed by atoms with Crippen LogP contribution >= 0.6 is 23.4 Å². The Kier molecular flexibility index (Phi) is 10.9. The van der Waals surface area contributed by atoms with Gasteiger partial charge in [-0.15, -0.1) is 23.4 Å². The maximum atomic E-state index is 13.1. The summed E-state index contributed by atoms with van der Waals surface area (Å²) in [5, 5.41) is 26.7. The van der Waals surface area contributed by atoms with Gasteiger partial charge >= 0.3 is 0 Å². The summed E-state index contributed by atoms with van der Waals surface area (Å²) in [6.45, 7) is 2.67. The molecule has 3 rings (SSSR count). The molecule has 3 fully saturated rings. The third-order valence-corrected chi connectivity index (χ3v) is 8.84. The molecular formula is C24H43ClN2O4S. The van der Waals surface area contributed by atoms with Crippen molar-refractivity contribution < 1.29 is 19.7 Å². The Hall–Kier alpha value is -0.0500. The van der Waals surface area contributed by atoms with Crippen LogP contribution in [0.4, 0.5) is 0 Å². The van der Waals surface area contributed by atoms with Crippen LogP contribution in [-0.2, 0) is 9.53 Å². The van der Waals surface area contributed by atoms with E-state index in [1.807, 2.05) is 13.2 Å². The van der Waals surface area contributed by atoms with Gasteiger partial charge in [-0.05, 0) is 50.8 Å². The van der Waals surface area contributed by atoms with E-state index in [0.29, 0.717) is 5.92 Å². The molecule has 3 aliphatic rings. The van der Waals surface area contributed by atoms with E-state index in [0.717, 1.165) is 31.7 Å². The molecule has 0 aromatic rings. The molecule has 186 valence electrons. The number of nitrogens with one attached hydrogen (secondary N) is 2. The molecule has 0 aromatic heterocycles. The Morgan fingerprint density at radius 1 is 1.12 bits per heavy atom. The Labute approximate surface area is 203 Å². The van der Waals surface area contributed by atoms with Crippen molar-refractivity contribution in [3.05, 3.63) is 0 Å². The number of carbonyl (C=O) groups is 1. The second kappa shape index (κ2) is 13.1. The van der Waals surface area contributed by atoms with Crippen molar-refractivity contribution in [3.63, 3.8) is 0 Å². The molecule has 2 saturated heterocycles. The fourth-order valence-electron chi connectivity index (χ4n) is 5.71. The van der Waals surface area contributed by atoms with Crippen LogP contribution < -0.4 is 10.6 Å². The van der Waals surface area contributed by atoms with Gasteiger partial charge in [0.15, 0.2) is 0 Å². The van der Waals surface area contributed by atoms with Crippen molar-refractivity contribution in [1.29, 1.82) is 0 Å². The van der Waals surface area contributed by atoms with E-state index in [9.17, 15) is 15.0 Å². The summed E-state index contributed by atoms with van der Waals surface area (Å²) in [6.07, 6.45) is 12.5. The minimum absolute atomic E-state index is 0.0725. The zero-order valence-electron chi connectivity index (χ0n) is 19.7. The molecule has 8 atom stereocenters. The van der Waals surface area contributed by atoms with E-state index in [-0.39, 0.29) is 18.4 Å². The van der Waals surface area contributed by atoms with Gasteiger partial charge in [0, 0.05) is 6.42 Å². The molecule has 6 nitrogen and oxygen atoms in total. The van der Waals surface area contributed by atoms with Crippen molar-refractivity contribution in [1.82, 2.24) is 10.6 Å². The highest BCUT2D eigenvalue weighted by Crippen LogP contribution is 2.32. The summed E-state index contributed by atoms with van der Waals surface area (Å²) in [4.78, 5) is 13.1. The van der Waals surface area contributed by atoms with Crippen molar-refractivity contribution >= 4 is 29.3 Å². The van der Waals surface area contributed by atoms with Gasteiger partial charge in [-0.3, -0.25) is 4.79 Å². The van der Waals surface area contributed by atoms with Crippen molar-refractivity contribution in [2.45, 2.75) is 119 Å². The molecular weight excluding hydrogens is 448 g/mol. The van der Waals surface area contributed by atoms with Gasteiger partial charge < -0.3 is 25.6 Å². The zero-order chi connectivity index (χ0) is 23.1. The molecule has 1 amide bonds. The Morgan fingerprint density at radius 3 is 2.47 bits per heavy atom. The van der Waals surface area contributed by atoms with Gasteiger partial charge in [-0.1, -0.05) is 44.9 Å². The van der Waals surface area contributed by atoms with Gasteiger partial charge in [-0.2, -0.15) is 0 Å². The molecule has 1 saturated carbocycles. The lowest BCUT2D eigenvalue weighted by molar-refractivity contribution is -0.151. The number of thioether (sulfide) groups is 1. The SMILES string of the molecule is CSC1OC(C(NC(=O)C2CCC(CCCC3CCCC3)CCN2)C(C)Cl)[C@@H](O)CC1O. The highest BCUT2D eigenvalue weighted by molar-refractivity contribution is 7.99. The average molecular weight is 491 g/mol. The Balaban J connectivity index is 1.48. The molecule has 7 unspecified atom stereocenters. The minimum atomic E-state index is -0.869. The average Bonchev–Trinajstić information content (AvgIpc) is 3.16. The fraction of sp³-hybridized carbons (Fsp3) is 0.958. The standard InChI is InChI=1S/C24H43ClN2O4S/c1-15(25)21(22-19(28)14-20(29)24(31-22)32-2)27-23(30)18-11-10-17(12-13-26-18)9-5-8-16-6-3-4-7-16/h15-22,24,26,28-29H,3-14H2,1-2H3,(H,27,30)/t15?,17?,18?,19-,20?,21?,22?,24?/m0/s1. The maximum absolute atomic E-state index is 13.1. The number of halogens is 1. The molecule has 0 aromatic carbocycles. The highest BCUT2D eigenvalue weighted by atomic mass is 35.5. The third-order valence-electron chi connectivity index (χ3n) is 7.68. The summed E-state index contributed by atoms with van der Waals surface area (Å²) >= 11 is 7.83. The maximum Gasteiger partial charge on any atom is 0.237 e. The molecule has 8 heteroatoms. The minimum Gasteiger partial charge on any atom is -0.390 e. The molecule has 0 radical (unpaired) electrons. The van der Waals surface area contributed by atoms with Gasteiger partial charge in [0.1, 0.15) is 11.5 Å². The third kappa shape index (κ3) is 7.47. The second-order valence-corrected chi connectivity index (χ2v) is 11.7. The molecule has 2 heterocycles. The Morgan fingerprint density at radius 2 is 1.81 bits per heavy atom. The number of hydrogen-bond acceptors (Lipinski definition) is 6. The molecule has 4 N–H and O–H groups in total. The van der Waals surface area contributed by atoms with E-state index in [1.54, 1.807) is 0 Å². The monoisotopic (exact) mass is 490 g/mol. The van der Waals surface area contributed by atoms with Crippen LogP contribution in [0.15, 0.2) is 0 Å². The number of amides is 1. The predicted octanol–water partition coefficient (Wildman–Crippen LogP) is 3.42. The first-order chi connectivity index (χ1) is 15.4. The van der Waals surface area contributed by atoms with Crippen LogP contribution in [0.3, 0.4) is 0 Å². The molecule has 0 bridgehead atoms. The smallest absolute Gasteiger partial charge is 0.237 e. The summed E-state index contributed by atoms with van der Waals surface area (Å²) < 4.78 is 5.94. The van der Waals surface area contributed by atoms with Crippen LogP contribution in [0.5, 0.6) is 0 Å². The topological polar surface area (TPSA) is 90.8 Å². The van der Waals surface area contributed by atoms with Gasteiger partial charge in [0.05, 0.1) is 29.7 Å². The largest absolute Gasteiger partial charge is 0.390 e. The van der Waals surface area contributed by atoms with Crippen molar-refractivity contribution in [2.24, 2.45) is 11.8 Å². The summed E-state index contributed by atoms with van der Waals surface area (Å²) in [5.74, 6) is 1.57. The summed E-state index contributed by atoms with van der Waals surface area (Å²) in [7, 11) is 0. The summed E-state index contributed by atoms with van der Waals surface area (Å²) in [5.41, 5.74) is -0.431. The fourth-order valence-corrected chi connectivity index (χ4v) is 6.58. The van der Waals surface area contributed by atoms with Crippen molar-refractivity contribution in [2.75, 3.05) is 12.8 Å². The van der Waals surface area contributed by atoms with Crippen LogP contribution in [0.1, 0.15) is 77.6 Å². The van der Waals surface area contributed by atoms with Gasteiger partial charge in [0.25, 0.3) is 0 Å². The number of rotatable bonds is 9. The lowest BCUT2D eigenvalue weighted by Gasteiger charge is -2.41. The van der Waals surface area contributed by atoms with Gasteiger partial charge in [0.2, 0.25) is 5.91 Å². The summed E-state index contributed by atoms with van der Waals surface area (Å²) in [6, 6.07) is -0.760. The van der Waals surface area contributed by atoms with Gasteiger partial charge in [-0.25, -0.2) is 0 Å². The quantitative estimate of drug-likeness (QED) is 0.370. The van der Waals surface area contributed by atoms with E-state index < -0.39 is 35.2 Å². The van der Waals surface area contributed by atoms with E-state index in [2.05, 4.69) is 10.6 Å². The number of aliphatic hydroxyl groups excluding tert-OH is 2. The van der Waals surface area contributed by atoms with E-state index in [4.69, 9.17) is 16.3 Å². The second-order valence-electron chi connectivity index (χ2n) is 10.1. The van der Waals surface area contributed by atoms with E-state index in [1.165, 1.54) is 56.7 Å². The number of aliphatic hydroxyl groups is 2. The first-order valence-corrected chi connectivity index (χ1v) is 14.3. The highest BCUT2D eigenvalue weighted by Gasteiger charge is 2.42. The predicted molar refractivity (Wildman–Crippen MR) is 131 cm³/mol. The van der Waals surface area contributed by atoms with Crippen LogP contribution in [0, 0.1) is 11.8 Å². The first kappa shape index (κ1) is 26.6. The van der Waals surface area contributed by atoms with Crippen LogP contribution in [0.25, 0.3) is 0 Å². The number of carbonyl (C=O) groups excluding carboxylic acids is 1. The lowest BCUT2D eigenvalue weighted by atomic mass is 9.90. The zero-order valence-corrected chi connectivity index (χ0v) is 21.3. The number of alkyl halides is 1. The number of ether oxygens (including phenoxy) is 1. The van der Waals surface area contributed by atoms with Crippen LogP contribution in [0.2, 0.25) is 0 Å².